The molecule has 2 rings (SSSR count). The van der Waals surface area contributed by atoms with E-state index >= 15 is 0 Å². The summed E-state index contributed by atoms with van der Waals surface area (Å²) >= 11 is 0. The molecule has 0 bridgehead atoms. The van der Waals surface area contributed by atoms with E-state index in [2.05, 4.69) is 50.9 Å². The Morgan fingerprint density at radius 3 is 2.50 bits per heavy atom. The van der Waals surface area contributed by atoms with Crippen LogP contribution < -0.4 is 0 Å². The molecule has 0 saturated heterocycles. The van der Waals surface area contributed by atoms with Gasteiger partial charge < -0.3 is 5.11 Å². The average molecular weight is 354 g/mol. The maximum absolute atomic E-state index is 10.3. The third-order valence-electron chi connectivity index (χ3n) is 4.27. The summed E-state index contributed by atoms with van der Waals surface area (Å²) < 4.78 is 0. The summed E-state index contributed by atoms with van der Waals surface area (Å²) in [5.74, 6) is 0.281. The van der Waals surface area contributed by atoms with Crippen LogP contribution in [0, 0.1) is 5.41 Å². The van der Waals surface area contributed by atoms with Crippen molar-refractivity contribution in [2.24, 2.45) is 5.41 Å². The van der Waals surface area contributed by atoms with E-state index in [0.29, 0.717) is 6.54 Å². The van der Waals surface area contributed by atoms with Crippen LogP contribution in [0.15, 0.2) is 42.6 Å². The summed E-state index contributed by atoms with van der Waals surface area (Å²) in [6.07, 6.45) is 10.5. The quantitative estimate of drug-likeness (QED) is 0.714. The van der Waals surface area contributed by atoms with Crippen LogP contribution in [0.2, 0.25) is 0 Å². The van der Waals surface area contributed by atoms with E-state index < -0.39 is 0 Å². The van der Waals surface area contributed by atoms with Gasteiger partial charge in [-0.15, -0.1) is 0 Å². The van der Waals surface area contributed by atoms with Crippen molar-refractivity contribution < 1.29 is 5.11 Å². The van der Waals surface area contributed by atoms with Crippen molar-refractivity contribution in [2.45, 2.75) is 59.9 Å². The maximum Gasteiger partial charge on any atom is 0.120 e. The van der Waals surface area contributed by atoms with Crippen molar-refractivity contribution in [1.82, 2.24) is 15.0 Å². The van der Waals surface area contributed by atoms with Gasteiger partial charge in [-0.1, -0.05) is 58.9 Å². The minimum absolute atomic E-state index is 0.0264. The molecule has 0 unspecified atom stereocenters. The van der Waals surface area contributed by atoms with Gasteiger partial charge in [0.1, 0.15) is 11.4 Å². The molecule has 2 aromatic rings. The van der Waals surface area contributed by atoms with Crippen LogP contribution in [-0.2, 0) is 12.0 Å². The largest absolute Gasteiger partial charge is 0.508 e. The number of allylic oxidation sites excluding steroid dienone is 3. The van der Waals surface area contributed by atoms with Crippen molar-refractivity contribution in [1.29, 1.82) is 0 Å². The molecule has 4 heteroatoms. The van der Waals surface area contributed by atoms with Gasteiger partial charge in [0.15, 0.2) is 0 Å². The number of phenolic OH excluding ortho intramolecular Hbond substituents is 1. The van der Waals surface area contributed by atoms with E-state index in [-0.39, 0.29) is 16.6 Å². The van der Waals surface area contributed by atoms with Gasteiger partial charge in [-0.05, 0) is 47.9 Å². The number of hydrogen-bond acceptors (Lipinski definition) is 3. The Kier molecular flexibility index (Phi) is 6.06. The summed E-state index contributed by atoms with van der Waals surface area (Å²) in [5.41, 5.74) is 3.12. The number of rotatable bonds is 6. The molecule has 1 N–H and O–H groups in total. The second-order valence-corrected chi connectivity index (χ2v) is 8.65. The fraction of sp³-hybridized carbons (Fsp3) is 0.455. The number of phenols is 1. The average Bonchev–Trinajstić information content (AvgIpc) is 2.95. The first-order valence-electron chi connectivity index (χ1n) is 9.13. The van der Waals surface area contributed by atoms with E-state index in [1.807, 2.05) is 37.3 Å². The Hall–Kier alpha value is -2.36. The molecule has 0 aliphatic carbocycles. The molecule has 0 saturated carbocycles. The molecule has 1 aromatic heterocycles. The number of nitrogens with zero attached hydrogens (tertiary/aromatic N) is 3. The fourth-order valence-corrected chi connectivity index (χ4v) is 3.44. The van der Waals surface area contributed by atoms with Gasteiger partial charge in [0.2, 0.25) is 0 Å². The van der Waals surface area contributed by atoms with E-state index in [1.165, 1.54) is 5.56 Å². The Morgan fingerprint density at radius 2 is 1.85 bits per heavy atom. The van der Waals surface area contributed by atoms with Gasteiger partial charge in [-0.3, -0.25) is 0 Å². The summed E-state index contributed by atoms with van der Waals surface area (Å²) in [5, 5.41) is 19.0. The highest BCUT2D eigenvalue weighted by molar-refractivity contribution is 5.45. The fourth-order valence-electron chi connectivity index (χ4n) is 3.44. The molecule has 0 fully saturated rings. The molecule has 0 radical (unpaired) electrons. The first kappa shape index (κ1) is 20.0. The van der Waals surface area contributed by atoms with Crippen molar-refractivity contribution in [3.05, 3.63) is 59.4 Å². The third kappa shape index (κ3) is 5.58. The predicted molar refractivity (Wildman–Crippen MR) is 108 cm³/mol. The lowest BCUT2D eigenvalue weighted by molar-refractivity contribution is 0.284. The van der Waals surface area contributed by atoms with Crippen LogP contribution >= 0.6 is 0 Å². The third-order valence-corrected chi connectivity index (χ3v) is 4.27. The van der Waals surface area contributed by atoms with Gasteiger partial charge in [-0.25, -0.2) is 0 Å². The van der Waals surface area contributed by atoms with E-state index in [9.17, 15) is 5.11 Å². The number of benzene rings is 1. The molecular weight excluding hydrogens is 322 g/mol. The first-order chi connectivity index (χ1) is 12.1. The zero-order chi connectivity index (χ0) is 19.4. The highest BCUT2D eigenvalue weighted by Gasteiger charge is 2.27. The van der Waals surface area contributed by atoms with Crippen LogP contribution in [-0.4, -0.2) is 20.1 Å². The number of aromatic nitrogens is 3. The van der Waals surface area contributed by atoms with Crippen molar-refractivity contribution in [2.75, 3.05) is 0 Å². The molecule has 0 atom stereocenters. The van der Waals surface area contributed by atoms with Crippen molar-refractivity contribution in [3.63, 3.8) is 0 Å². The number of aromatic hydroxyl groups is 1. The highest BCUT2D eigenvalue weighted by atomic mass is 16.3. The summed E-state index contributed by atoms with van der Waals surface area (Å²) in [4.78, 5) is 1.62. The smallest absolute Gasteiger partial charge is 0.120 e. The lowest BCUT2D eigenvalue weighted by Gasteiger charge is -2.33. The zero-order valence-corrected chi connectivity index (χ0v) is 16.8. The molecule has 0 aliphatic rings. The van der Waals surface area contributed by atoms with Crippen molar-refractivity contribution in [3.8, 4) is 5.75 Å². The van der Waals surface area contributed by atoms with Crippen LogP contribution in [0.1, 0.15) is 64.8 Å². The maximum atomic E-state index is 10.3. The lowest BCUT2D eigenvalue weighted by atomic mass is 9.72. The molecule has 140 valence electrons. The highest BCUT2D eigenvalue weighted by Crippen LogP contribution is 2.37. The second kappa shape index (κ2) is 7.90. The first-order valence-corrected chi connectivity index (χ1v) is 9.13. The normalized spacial score (nSPS) is 13.2. The minimum Gasteiger partial charge on any atom is -0.508 e. The monoisotopic (exact) mass is 353 g/mol. The SMILES string of the molecule is C/C=C\C=C/c1cnn(Cc2cc(C(C)(C)CC(C)(C)C)ccc2O)n1. The van der Waals surface area contributed by atoms with Gasteiger partial charge in [0, 0.05) is 5.56 Å². The molecule has 0 spiro atoms. The zero-order valence-electron chi connectivity index (χ0n) is 16.8. The van der Waals surface area contributed by atoms with Crippen molar-refractivity contribution >= 4 is 6.08 Å². The molecule has 26 heavy (non-hydrogen) atoms. The Balaban J connectivity index is 2.22. The van der Waals surface area contributed by atoms with E-state index in [4.69, 9.17) is 0 Å². The number of hydrogen-bond donors (Lipinski definition) is 1. The minimum atomic E-state index is 0.0264. The Bertz CT molecular complexity index is 792. The molecular formula is C22H31N3O. The molecule has 0 aliphatic heterocycles. The van der Waals surface area contributed by atoms with Crippen LogP contribution in [0.4, 0.5) is 0 Å². The van der Waals surface area contributed by atoms with Gasteiger partial charge >= 0.3 is 0 Å². The second-order valence-electron chi connectivity index (χ2n) is 8.65. The van der Waals surface area contributed by atoms with E-state index in [0.717, 1.165) is 17.7 Å². The lowest BCUT2D eigenvalue weighted by Crippen LogP contribution is -2.25. The predicted octanol–water partition coefficient (Wildman–Crippen LogP) is 5.34. The Labute approximate surface area is 157 Å². The summed E-state index contributed by atoms with van der Waals surface area (Å²) in [6.45, 7) is 13.7. The van der Waals surface area contributed by atoms with Gasteiger partial charge in [-0.2, -0.15) is 15.0 Å². The summed E-state index contributed by atoms with van der Waals surface area (Å²) in [6, 6.07) is 5.89. The standard InChI is InChI=1S/C22H31N3O/c1-7-8-9-10-19-14-23-25(24-19)15-17-13-18(11-12-20(17)26)22(5,6)16-21(2,3)4/h7-14,26H,15-16H2,1-6H3/b8-7-,10-9-. The molecule has 0 amide bonds. The molecule has 4 nitrogen and oxygen atoms in total. The van der Waals surface area contributed by atoms with Crippen LogP contribution in [0.25, 0.3) is 6.08 Å². The van der Waals surface area contributed by atoms with Crippen LogP contribution in [0.5, 0.6) is 5.75 Å². The van der Waals surface area contributed by atoms with Gasteiger partial charge in [0.05, 0.1) is 12.7 Å². The van der Waals surface area contributed by atoms with E-state index in [1.54, 1.807) is 17.1 Å². The molecule has 1 aromatic carbocycles. The molecule has 1 heterocycles. The Morgan fingerprint density at radius 1 is 1.12 bits per heavy atom. The topological polar surface area (TPSA) is 50.9 Å². The summed E-state index contributed by atoms with van der Waals surface area (Å²) in [7, 11) is 0. The van der Waals surface area contributed by atoms with Crippen LogP contribution in [0.3, 0.4) is 0 Å². The van der Waals surface area contributed by atoms with Gasteiger partial charge in [0.25, 0.3) is 0 Å².